The van der Waals surface area contributed by atoms with Crippen LogP contribution in [0.15, 0.2) is 182 Å². The normalized spacial score (nSPS) is 12.3. The van der Waals surface area contributed by atoms with E-state index < -0.39 is 88.6 Å². The molecular weight excluding hydrogens is 1570 g/mol. The third-order valence-electron chi connectivity index (χ3n) is 16.3. The fourth-order valence-corrected chi connectivity index (χ4v) is 10.8. The number of primary amides is 3. The summed E-state index contributed by atoms with van der Waals surface area (Å²) in [5, 5.41) is 29.7. The van der Waals surface area contributed by atoms with Crippen LogP contribution in [0.25, 0.3) is 0 Å². The number of benzene rings is 6. The predicted molar refractivity (Wildman–Crippen MR) is 464 cm³/mol. The summed E-state index contributed by atoms with van der Waals surface area (Å²) < 4.78 is 15.5. The van der Waals surface area contributed by atoms with Gasteiger partial charge in [0.1, 0.15) is 34.7 Å². The number of hydrazine groups is 1. The largest absolute Gasteiger partial charge is 0.481 e. The van der Waals surface area contributed by atoms with Gasteiger partial charge in [0.2, 0.25) is 30.5 Å². The number of hydrogen-bond donors (Lipinski definition) is 13. The lowest BCUT2D eigenvalue weighted by Gasteiger charge is -2.20. The number of ketones is 2. The number of carbonyl (C=O) groups is 10. The second kappa shape index (κ2) is 65.3. The fraction of sp³-hybridized carbons (Fsp3) is 0.448. The van der Waals surface area contributed by atoms with Gasteiger partial charge in [0.05, 0.1) is 38.3 Å². The van der Waals surface area contributed by atoms with E-state index >= 15 is 0 Å². The van der Waals surface area contributed by atoms with Gasteiger partial charge >= 0.3 is 24.2 Å². The number of unbranched alkanes of at least 4 members (excludes halogenated alkanes) is 3. The Morgan fingerprint density at radius 1 is 0.429 bits per heavy atom. The number of alkyl carbamates (subject to hydrolysis) is 3. The molecule has 0 radical (unpaired) electrons. The number of carbonyl (C=O) groups excluding carboxylic acids is 9. The van der Waals surface area contributed by atoms with Crippen LogP contribution >= 0.6 is 24.2 Å². The van der Waals surface area contributed by atoms with Crippen LogP contribution in [0.3, 0.4) is 0 Å². The van der Waals surface area contributed by atoms with Crippen molar-refractivity contribution in [3.8, 4) is 0 Å². The van der Waals surface area contributed by atoms with Crippen LogP contribution in [-0.2, 0) is 93.0 Å². The molecule has 0 aliphatic rings. The van der Waals surface area contributed by atoms with Gasteiger partial charge in [-0.15, -0.1) is 12.4 Å². The van der Waals surface area contributed by atoms with Crippen molar-refractivity contribution < 1.29 is 86.8 Å². The Hall–Kier alpha value is -10.7. The SMILES string of the molecule is CC(C)(C)OC(=O)NCCCC[C@@H](C(=O)C[C@@H](Cc1ccccc1)C(N)=O)c1ccccc1.CC(C)(C)OC(=O)NCCCC[C@@H](C(=O)O)c1ccccc1.CC(C)(C)OC(=O)NCCCC[C@H](N)C(=O)C[C@@H](Cc1ccccc1)C(N)=O.COOC=N.COOC=N.Cl.NC(=O)[C@@H](N)Cc1ccccc1.O=C[C@H](Cc1ccccc1)NNCl. The Morgan fingerprint density at radius 2 is 0.731 bits per heavy atom. The van der Waals surface area contributed by atoms with Gasteiger partial charge in [-0.05, 0) is 178 Å². The minimum Gasteiger partial charge on any atom is -0.481 e. The second-order valence-electron chi connectivity index (χ2n) is 29.7. The first-order valence-electron chi connectivity index (χ1n) is 38.7. The monoisotopic (exact) mass is 1700 g/mol. The van der Waals surface area contributed by atoms with E-state index in [1.807, 2.05) is 224 Å². The Balaban J connectivity index is 0. The number of hydrogen-bond acceptors (Lipinski definition) is 23. The molecule has 0 saturated heterocycles. The molecule has 0 bridgehead atoms. The number of nitrogens with one attached hydrogen (secondary N) is 7. The highest BCUT2D eigenvalue weighted by Gasteiger charge is 2.28. The van der Waals surface area contributed by atoms with E-state index in [4.69, 9.17) is 65.5 Å². The van der Waals surface area contributed by atoms with Crippen LogP contribution in [0.4, 0.5) is 14.4 Å². The average molecular weight is 1700 g/mol. The van der Waals surface area contributed by atoms with Crippen molar-refractivity contribution in [2.24, 2.45) is 40.5 Å². The third-order valence-corrected chi connectivity index (χ3v) is 16.4. The molecule has 0 unspecified atom stereocenters. The number of carboxylic acids is 1. The smallest absolute Gasteiger partial charge is 0.407 e. The lowest BCUT2D eigenvalue weighted by molar-refractivity contribution is -0.188. The van der Waals surface area contributed by atoms with Gasteiger partial charge in [-0.25, -0.2) is 19.8 Å². The molecule has 0 saturated carbocycles. The van der Waals surface area contributed by atoms with Gasteiger partial charge < -0.3 is 78.5 Å². The van der Waals surface area contributed by atoms with Crippen molar-refractivity contribution in [1.82, 2.24) is 26.3 Å². The molecule has 6 aromatic rings. The zero-order valence-electron chi connectivity index (χ0n) is 70.4. The zero-order chi connectivity index (χ0) is 88.7. The van der Waals surface area contributed by atoms with Gasteiger partial charge in [-0.1, -0.05) is 195 Å². The molecule has 119 heavy (non-hydrogen) atoms. The summed E-state index contributed by atoms with van der Waals surface area (Å²) in [6.07, 6.45) is 9.02. The van der Waals surface area contributed by atoms with E-state index in [1.54, 1.807) is 20.8 Å². The van der Waals surface area contributed by atoms with E-state index in [9.17, 15) is 53.1 Å². The first-order valence-corrected chi connectivity index (χ1v) is 39.1. The molecule has 0 aromatic heterocycles. The van der Waals surface area contributed by atoms with E-state index in [0.717, 1.165) is 65.4 Å². The van der Waals surface area contributed by atoms with Crippen molar-refractivity contribution in [1.29, 1.82) is 10.8 Å². The molecule has 0 spiro atoms. The Morgan fingerprint density at radius 3 is 1.02 bits per heavy atom. The van der Waals surface area contributed by atoms with Crippen LogP contribution in [0.1, 0.15) is 178 Å². The number of rotatable bonds is 42. The molecule has 0 aliphatic carbocycles. The molecule has 32 heteroatoms. The Bertz CT molecular complexity index is 3770. The molecule has 30 nitrogen and oxygen atoms in total. The zero-order valence-corrected chi connectivity index (χ0v) is 72.0. The highest BCUT2D eigenvalue weighted by Crippen LogP contribution is 2.28. The lowest BCUT2D eigenvalue weighted by Crippen LogP contribution is -2.38. The average Bonchev–Trinajstić information content (AvgIpc) is 0.854. The number of Topliss-reactive ketones (excluding diaryl/α,β-unsaturated/α-hetero) is 2. The maximum Gasteiger partial charge on any atom is 0.407 e. The van der Waals surface area contributed by atoms with Crippen LogP contribution in [0.5, 0.6) is 0 Å². The van der Waals surface area contributed by atoms with Crippen molar-refractivity contribution >= 4 is 96.8 Å². The Labute approximate surface area is 712 Å². The molecule has 7 atom stereocenters. The van der Waals surface area contributed by atoms with Crippen LogP contribution in [0.2, 0.25) is 0 Å². The van der Waals surface area contributed by atoms with Gasteiger partial charge in [0.25, 0.3) is 0 Å². The topological polar surface area (TPSA) is 493 Å². The van der Waals surface area contributed by atoms with Gasteiger partial charge in [0, 0.05) is 50.2 Å². The number of amides is 6. The van der Waals surface area contributed by atoms with E-state index in [0.29, 0.717) is 90.2 Å². The van der Waals surface area contributed by atoms with Crippen LogP contribution in [0, 0.1) is 22.7 Å². The van der Waals surface area contributed by atoms with Crippen LogP contribution in [-0.4, -0.2) is 147 Å². The molecular formula is C87H128Cl2N12O18. The van der Waals surface area contributed by atoms with Crippen molar-refractivity contribution in [3.05, 3.63) is 215 Å². The van der Waals surface area contributed by atoms with Crippen molar-refractivity contribution in [2.75, 3.05) is 33.9 Å². The van der Waals surface area contributed by atoms with E-state index in [-0.39, 0.29) is 48.8 Å². The summed E-state index contributed by atoms with van der Waals surface area (Å²) >= 11 is 5.22. The van der Waals surface area contributed by atoms with Gasteiger partial charge in [-0.3, -0.25) is 39.6 Å². The van der Waals surface area contributed by atoms with Gasteiger partial charge in [-0.2, -0.15) is 14.7 Å². The number of nitrogens with two attached hydrogens (primary N) is 5. The predicted octanol–water partition coefficient (Wildman–Crippen LogP) is 12.5. The summed E-state index contributed by atoms with van der Waals surface area (Å²) in [4.78, 5) is 135. The molecule has 18 N–H and O–H groups in total. The first-order chi connectivity index (χ1) is 55.9. The third kappa shape index (κ3) is 59.6. The molecule has 658 valence electrons. The highest BCUT2D eigenvalue weighted by atomic mass is 35.5. The highest BCUT2D eigenvalue weighted by molar-refractivity contribution is 6.13. The first kappa shape index (κ1) is 110. The maximum atomic E-state index is 13.3. The lowest BCUT2D eigenvalue weighted by atomic mass is 9.83. The number of aldehydes is 1. The number of carboxylic acid groups (broad SMARTS) is 1. The minimum absolute atomic E-state index is 0. The Kier molecular flexibility index (Phi) is 60.5. The summed E-state index contributed by atoms with van der Waals surface area (Å²) in [6.45, 7) is 17.7. The second-order valence-corrected chi connectivity index (χ2v) is 29.9. The minimum atomic E-state index is -0.814. The standard InChI is InChI=1S/C27H36N2O4.C21H33N3O4.C17H25NO4.C9H11ClN2O.C9H12N2O.2C2H5NO2.ClH/c1-27(2,3)33-26(32)29-17-11-10-16-23(21-14-8-5-9-15-21)24(30)19-22(25(28)31)18-20-12-6-4-7-13-20;1-21(2,3)28-20(27)24-12-8-7-11-17(22)18(25)14-16(19(23)26)13-15-9-5-4-6-10-15;1-17(2,3)22-16(21)18-12-8-7-11-14(15(19)20)13-9-5-4-6-10-13;10-12-11-9(7-13)6-8-4-2-1-3-5-8;10-8(9(11)12)6-7-4-2-1-3-5-7;2*1-4-5-2-3;/h4-9,12-15,22-23H,10-11,16-19H2,1-3H3,(H2,28,31)(H,29,32);4-6,9-10,16-17H,7-8,11-14,22H2,1-3H3,(H2,23,26)(H,24,27);4-6,9-10,14H,7-8,11-12H2,1-3H3,(H,18,21)(H,19,20);1-5,7,9,11-12H,6H2;1-5,8H,6,10H2,(H2,11,12);2*2-3H,1H3;1H/t22-,23-;16-,17+;14-;9-;8-;;;/m11100.../s1. The van der Waals surface area contributed by atoms with Crippen molar-refractivity contribution in [2.45, 2.75) is 205 Å². The summed E-state index contributed by atoms with van der Waals surface area (Å²) in [5.74, 6) is -4.29. The van der Waals surface area contributed by atoms with Gasteiger partial charge in [0.15, 0.2) is 0 Å². The summed E-state index contributed by atoms with van der Waals surface area (Å²) in [5.41, 5.74) is 34.4. The number of halogens is 2. The van der Waals surface area contributed by atoms with Crippen molar-refractivity contribution in [3.63, 3.8) is 0 Å². The molecule has 6 aromatic carbocycles. The molecule has 6 rings (SSSR count). The quantitative estimate of drug-likeness (QED) is 0.00247. The van der Waals surface area contributed by atoms with E-state index in [2.05, 4.69) is 45.9 Å². The molecule has 0 heterocycles. The number of ether oxygens (including phenoxy) is 3. The fourth-order valence-electron chi connectivity index (χ4n) is 10.7. The number of aliphatic carboxylic acids is 1. The maximum absolute atomic E-state index is 13.3. The summed E-state index contributed by atoms with van der Waals surface area (Å²) in [6, 6.07) is 55.7. The molecule has 0 fully saturated rings. The van der Waals surface area contributed by atoms with E-state index in [1.165, 1.54) is 14.2 Å². The molecule has 6 amide bonds. The summed E-state index contributed by atoms with van der Waals surface area (Å²) in [7, 11) is 2.68. The molecule has 0 aliphatic heterocycles. The van der Waals surface area contributed by atoms with Crippen LogP contribution < -0.4 is 55.0 Å².